The lowest BCUT2D eigenvalue weighted by atomic mass is 9.87. The fourth-order valence-electron chi connectivity index (χ4n) is 2.03. The van der Waals surface area contributed by atoms with Crippen LogP contribution in [0.15, 0.2) is 53.6 Å². The van der Waals surface area contributed by atoms with Crippen LogP contribution in [-0.2, 0) is 5.41 Å². The number of hydrogen-bond acceptors (Lipinski definition) is 2. The molecule has 2 aromatic rings. The largest absolute Gasteiger partial charge is 0.339 e. The molecule has 0 unspecified atom stereocenters. The number of amides is 2. The van der Waals surface area contributed by atoms with Gasteiger partial charge in [0.15, 0.2) is 0 Å². The number of hydrogen-bond donors (Lipinski definition) is 2. The Morgan fingerprint density at radius 1 is 1.00 bits per heavy atom. The summed E-state index contributed by atoms with van der Waals surface area (Å²) in [4.78, 5) is 11.7. The molecule has 0 spiro atoms. The normalized spacial score (nSPS) is 11.5. The van der Waals surface area contributed by atoms with Crippen LogP contribution in [0.2, 0.25) is 0 Å². The molecule has 4 nitrogen and oxygen atoms in total. The van der Waals surface area contributed by atoms with Gasteiger partial charge in [0.25, 0.3) is 0 Å². The Morgan fingerprint density at radius 3 is 2.17 bits per heavy atom. The molecule has 0 bridgehead atoms. The van der Waals surface area contributed by atoms with E-state index < -0.39 is 0 Å². The first-order valence-corrected chi connectivity index (χ1v) is 7.62. The van der Waals surface area contributed by atoms with E-state index in [4.69, 9.17) is 0 Å². The highest BCUT2D eigenvalue weighted by Gasteiger charge is 2.12. The highest BCUT2D eigenvalue weighted by Crippen LogP contribution is 2.21. The first kappa shape index (κ1) is 16.7. The zero-order chi connectivity index (χ0) is 16.9. The summed E-state index contributed by atoms with van der Waals surface area (Å²) in [6.07, 6.45) is 1.63. The van der Waals surface area contributed by atoms with Crippen molar-refractivity contribution >= 4 is 17.9 Å². The molecule has 0 aromatic heterocycles. The fraction of sp³-hybridized carbons (Fsp3) is 0.263. The van der Waals surface area contributed by atoms with Crippen molar-refractivity contribution in [1.82, 2.24) is 5.43 Å². The van der Waals surface area contributed by atoms with E-state index >= 15 is 0 Å². The van der Waals surface area contributed by atoms with Crippen LogP contribution < -0.4 is 10.7 Å². The van der Waals surface area contributed by atoms with E-state index in [1.165, 1.54) is 5.56 Å². The van der Waals surface area contributed by atoms with Crippen LogP contribution in [0.1, 0.15) is 37.5 Å². The highest BCUT2D eigenvalue weighted by atomic mass is 16.2. The Morgan fingerprint density at radius 2 is 1.61 bits per heavy atom. The number of nitrogens with one attached hydrogen (secondary N) is 2. The quantitative estimate of drug-likeness (QED) is 0.639. The van der Waals surface area contributed by atoms with Gasteiger partial charge in [0, 0.05) is 5.69 Å². The minimum atomic E-state index is -0.364. The number of aryl methyl sites for hydroxylation is 1. The molecular weight excluding hydrogens is 286 g/mol. The van der Waals surface area contributed by atoms with Gasteiger partial charge < -0.3 is 5.32 Å². The molecule has 0 aliphatic carbocycles. The predicted molar refractivity (Wildman–Crippen MR) is 96.1 cm³/mol. The summed E-state index contributed by atoms with van der Waals surface area (Å²) >= 11 is 0. The van der Waals surface area contributed by atoms with Gasteiger partial charge in [-0.3, -0.25) is 0 Å². The standard InChI is InChI=1S/C19H23N3O/c1-14-5-11-17(12-6-14)21-18(23)22-20-13-15-7-9-16(10-8-15)19(2,3)4/h5-13H,1-4H3,(H2,21,22,23)/b20-13-. The third-order valence-corrected chi connectivity index (χ3v) is 3.47. The molecule has 2 N–H and O–H groups in total. The summed E-state index contributed by atoms with van der Waals surface area (Å²) in [5.41, 5.74) is 6.67. The van der Waals surface area contributed by atoms with E-state index in [0.29, 0.717) is 0 Å². The maximum Gasteiger partial charge on any atom is 0.339 e. The Bertz CT molecular complexity index is 680. The molecule has 23 heavy (non-hydrogen) atoms. The summed E-state index contributed by atoms with van der Waals surface area (Å²) in [5, 5.41) is 6.68. The molecule has 0 saturated carbocycles. The summed E-state index contributed by atoms with van der Waals surface area (Å²) < 4.78 is 0. The molecule has 2 rings (SSSR count). The topological polar surface area (TPSA) is 53.5 Å². The highest BCUT2D eigenvalue weighted by molar-refractivity contribution is 5.90. The van der Waals surface area contributed by atoms with Crippen molar-refractivity contribution < 1.29 is 4.79 Å². The van der Waals surface area contributed by atoms with Gasteiger partial charge >= 0.3 is 6.03 Å². The van der Waals surface area contributed by atoms with Crippen molar-refractivity contribution in [1.29, 1.82) is 0 Å². The van der Waals surface area contributed by atoms with Crippen molar-refractivity contribution in [3.8, 4) is 0 Å². The SMILES string of the molecule is Cc1ccc(NC(=O)N/N=C\c2ccc(C(C)(C)C)cc2)cc1. The smallest absolute Gasteiger partial charge is 0.307 e. The molecule has 0 aliphatic rings. The molecular formula is C19H23N3O. The predicted octanol–water partition coefficient (Wildman–Crippen LogP) is 4.45. The number of carbonyl (C=O) groups excluding carboxylic acids is 1. The summed E-state index contributed by atoms with van der Waals surface area (Å²) in [7, 11) is 0. The van der Waals surface area contributed by atoms with Crippen molar-refractivity contribution in [3.05, 3.63) is 65.2 Å². The van der Waals surface area contributed by atoms with E-state index in [0.717, 1.165) is 16.8 Å². The number of benzene rings is 2. The molecule has 0 heterocycles. The minimum Gasteiger partial charge on any atom is -0.307 e. The van der Waals surface area contributed by atoms with E-state index in [1.807, 2.05) is 43.3 Å². The van der Waals surface area contributed by atoms with Gasteiger partial charge in [0.05, 0.1) is 6.21 Å². The van der Waals surface area contributed by atoms with Gasteiger partial charge in [0.1, 0.15) is 0 Å². The van der Waals surface area contributed by atoms with Crippen LogP contribution in [0.25, 0.3) is 0 Å². The van der Waals surface area contributed by atoms with E-state index in [-0.39, 0.29) is 11.4 Å². The second kappa shape index (κ2) is 7.09. The van der Waals surface area contributed by atoms with E-state index in [1.54, 1.807) is 6.21 Å². The maximum atomic E-state index is 11.7. The van der Waals surface area contributed by atoms with Gasteiger partial charge in [-0.25, -0.2) is 10.2 Å². The van der Waals surface area contributed by atoms with Gasteiger partial charge in [-0.1, -0.05) is 62.7 Å². The molecule has 0 atom stereocenters. The zero-order valence-electron chi connectivity index (χ0n) is 14.1. The van der Waals surface area contributed by atoms with Crippen LogP contribution in [0.5, 0.6) is 0 Å². The zero-order valence-corrected chi connectivity index (χ0v) is 14.1. The summed E-state index contributed by atoms with van der Waals surface area (Å²) in [6, 6.07) is 15.4. The number of anilines is 1. The van der Waals surface area contributed by atoms with Crippen molar-refractivity contribution in [2.75, 3.05) is 5.32 Å². The number of nitrogens with zero attached hydrogens (tertiary/aromatic N) is 1. The van der Waals surface area contributed by atoms with Crippen LogP contribution in [0.3, 0.4) is 0 Å². The van der Waals surface area contributed by atoms with Gasteiger partial charge in [-0.2, -0.15) is 5.10 Å². The molecule has 0 saturated heterocycles. The number of hydrazone groups is 1. The Kier molecular flexibility index (Phi) is 5.16. The lowest BCUT2D eigenvalue weighted by Crippen LogP contribution is -2.24. The average Bonchev–Trinajstić information content (AvgIpc) is 2.49. The third-order valence-electron chi connectivity index (χ3n) is 3.47. The third kappa shape index (κ3) is 5.25. The molecule has 0 fully saturated rings. The van der Waals surface area contributed by atoms with Crippen LogP contribution in [-0.4, -0.2) is 12.2 Å². The molecule has 2 aromatic carbocycles. The monoisotopic (exact) mass is 309 g/mol. The second-order valence-electron chi connectivity index (χ2n) is 6.56. The van der Waals surface area contributed by atoms with E-state index in [2.05, 4.69) is 48.7 Å². The van der Waals surface area contributed by atoms with Crippen LogP contribution >= 0.6 is 0 Å². The lowest BCUT2D eigenvalue weighted by molar-refractivity contribution is 0.252. The number of urea groups is 1. The van der Waals surface area contributed by atoms with Crippen LogP contribution in [0.4, 0.5) is 10.5 Å². The number of rotatable bonds is 3. The van der Waals surface area contributed by atoms with Gasteiger partial charge in [-0.05, 0) is 35.6 Å². The lowest BCUT2D eigenvalue weighted by Gasteiger charge is -2.18. The molecule has 4 heteroatoms. The van der Waals surface area contributed by atoms with Gasteiger partial charge in [0.2, 0.25) is 0 Å². The maximum absolute atomic E-state index is 11.7. The molecule has 2 amide bonds. The fourth-order valence-corrected chi connectivity index (χ4v) is 2.03. The summed E-state index contributed by atoms with van der Waals surface area (Å²) in [6.45, 7) is 8.52. The Balaban J connectivity index is 1.88. The van der Waals surface area contributed by atoms with Crippen molar-refractivity contribution in [3.63, 3.8) is 0 Å². The van der Waals surface area contributed by atoms with Gasteiger partial charge in [-0.15, -0.1) is 0 Å². The number of carbonyl (C=O) groups is 1. The summed E-state index contributed by atoms with van der Waals surface area (Å²) in [5.74, 6) is 0. The molecule has 0 radical (unpaired) electrons. The van der Waals surface area contributed by atoms with Crippen molar-refractivity contribution in [2.24, 2.45) is 5.10 Å². The Hall–Kier alpha value is -2.62. The molecule has 120 valence electrons. The first-order chi connectivity index (χ1) is 10.8. The Labute approximate surface area is 137 Å². The first-order valence-electron chi connectivity index (χ1n) is 7.62. The second-order valence-corrected chi connectivity index (χ2v) is 6.56. The average molecular weight is 309 g/mol. The van der Waals surface area contributed by atoms with Crippen LogP contribution in [0, 0.1) is 6.92 Å². The molecule has 0 aliphatic heterocycles. The van der Waals surface area contributed by atoms with E-state index in [9.17, 15) is 4.79 Å². The van der Waals surface area contributed by atoms with Crippen molar-refractivity contribution in [2.45, 2.75) is 33.1 Å². The minimum absolute atomic E-state index is 0.127.